The minimum atomic E-state index is 0.158. The van der Waals surface area contributed by atoms with Crippen LogP contribution < -0.4 is 4.74 Å². The van der Waals surface area contributed by atoms with E-state index in [0.29, 0.717) is 19.4 Å². The average Bonchev–Trinajstić information content (AvgIpc) is 2.53. The van der Waals surface area contributed by atoms with Crippen LogP contribution in [0, 0.1) is 0 Å². The first-order chi connectivity index (χ1) is 10.3. The maximum absolute atomic E-state index is 12.3. The number of nitrogens with zero attached hydrogens (tertiary/aromatic N) is 1. The Bertz CT molecular complexity index is 419. The summed E-state index contributed by atoms with van der Waals surface area (Å²) in [6.45, 7) is 1.56. The van der Waals surface area contributed by atoms with Gasteiger partial charge in [0.25, 0.3) is 0 Å². The van der Waals surface area contributed by atoms with Gasteiger partial charge in [0, 0.05) is 25.6 Å². The highest BCUT2D eigenvalue weighted by Crippen LogP contribution is 2.20. The van der Waals surface area contributed by atoms with Crippen LogP contribution in [0.5, 0.6) is 5.75 Å². The normalized spacial score (nSPS) is 18.5. The minimum Gasteiger partial charge on any atom is -0.494 e. The molecule has 4 nitrogen and oxygen atoms in total. The molecule has 0 saturated carbocycles. The summed E-state index contributed by atoms with van der Waals surface area (Å²) in [5, 5.41) is 9.10. The van der Waals surface area contributed by atoms with Gasteiger partial charge in [0.05, 0.1) is 6.61 Å². The van der Waals surface area contributed by atoms with Crippen LogP contribution in [0.3, 0.4) is 0 Å². The van der Waals surface area contributed by atoms with E-state index in [0.717, 1.165) is 38.0 Å². The van der Waals surface area contributed by atoms with Gasteiger partial charge in [-0.1, -0.05) is 18.2 Å². The van der Waals surface area contributed by atoms with Gasteiger partial charge in [-0.25, -0.2) is 0 Å². The summed E-state index contributed by atoms with van der Waals surface area (Å²) in [7, 11) is 0. The molecule has 1 atom stereocenters. The van der Waals surface area contributed by atoms with Crippen molar-refractivity contribution in [3.8, 4) is 5.75 Å². The number of carbonyl (C=O) groups excluding carboxylic acids is 1. The molecule has 0 aromatic heterocycles. The Morgan fingerprint density at radius 1 is 1.29 bits per heavy atom. The number of likely N-dealkylation sites (tertiary alicyclic amines) is 1. The smallest absolute Gasteiger partial charge is 0.222 e. The van der Waals surface area contributed by atoms with Gasteiger partial charge in [-0.05, 0) is 44.2 Å². The van der Waals surface area contributed by atoms with Crippen molar-refractivity contribution in [2.45, 2.75) is 44.6 Å². The van der Waals surface area contributed by atoms with Crippen LogP contribution in [0.4, 0.5) is 0 Å². The molecule has 2 rings (SSSR count). The molecule has 4 heteroatoms. The molecule has 1 amide bonds. The number of aliphatic hydroxyl groups excluding tert-OH is 1. The van der Waals surface area contributed by atoms with E-state index in [1.54, 1.807) is 0 Å². The zero-order valence-electron chi connectivity index (χ0n) is 12.5. The monoisotopic (exact) mass is 291 g/mol. The number of piperidine rings is 1. The second-order valence-corrected chi connectivity index (χ2v) is 5.51. The summed E-state index contributed by atoms with van der Waals surface area (Å²) in [6, 6.07) is 9.90. The van der Waals surface area contributed by atoms with Crippen LogP contribution in [-0.4, -0.2) is 41.7 Å². The SMILES string of the molecule is O=C(CCCOc1ccccc1)N1CCCCC1CCO. The third-order valence-electron chi connectivity index (χ3n) is 3.96. The van der Waals surface area contributed by atoms with Gasteiger partial charge in [-0.3, -0.25) is 4.79 Å². The fourth-order valence-electron chi connectivity index (χ4n) is 2.85. The van der Waals surface area contributed by atoms with Crippen molar-refractivity contribution in [3.63, 3.8) is 0 Å². The van der Waals surface area contributed by atoms with Crippen LogP contribution in [0.2, 0.25) is 0 Å². The second-order valence-electron chi connectivity index (χ2n) is 5.51. The zero-order chi connectivity index (χ0) is 14.9. The number of hydrogen-bond acceptors (Lipinski definition) is 3. The predicted molar refractivity (Wildman–Crippen MR) is 82.2 cm³/mol. The molecular weight excluding hydrogens is 266 g/mol. The molecule has 0 spiro atoms. The van der Waals surface area contributed by atoms with E-state index >= 15 is 0 Å². The molecule has 1 aliphatic heterocycles. The highest BCUT2D eigenvalue weighted by atomic mass is 16.5. The van der Waals surface area contributed by atoms with Gasteiger partial charge in [0.1, 0.15) is 5.75 Å². The number of rotatable bonds is 7. The molecule has 0 radical (unpaired) electrons. The van der Waals surface area contributed by atoms with Gasteiger partial charge in [0.15, 0.2) is 0 Å². The largest absolute Gasteiger partial charge is 0.494 e. The molecule has 116 valence electrons. The Morgan fingerprint density at radius 3 is 2.86 bits per heavy atom. The van der Waals surface area contributed by atoms with Crippen LogP contribution in [0.15, 0.2) is 30.3 Å². The van der Waals surface area contributed by atoms with E-state index in [4.69, 9.17) is 9.84 Å². The molecule has 1 aliphatic rings. The average molecular weight is 291 g/mol. The molecule has 21 heavy (non-hydrogen) atoms. The van der Waals surface area contributed by atoms with Crippen LogP contribution in [-0.2, 0) is 4.79 Å². The number of para-hydroxylation sites is 1. The molecule has 1 aromatic carbocycles. The molecular formula is C17H25NO3. The highest BCUT2D eigenvalue weighted by Gasteiger charge is 2.25. The standard InChI is InChI=1S/C17H25NO3/c19-13-11-15-7-4-5-12-18(15)17(20)10-6-14-21-16-8-2-1-3-9-16/h1-3,8-9,15,19H,4-7,10-14H2. The number of amides is 1. The van der Waals surface area contributed by atoms with Gasteiger partial charge in [-0.2, -0.15) is 0 Å². The van der Waals surface area contributed by atoms with E-state index < -0.39 is 0 Å². The maximum Gasteiger partial charge on any atom is 0.222 e. The van der Waals surface area contributed by atoms with Crippen molar-refractivity contribution in [1.29, 1.82) is 0 Å². The lowest BCUT2D eigenvalue weighted by atomic mass is 9.99. The Balaban J connectivity index is 1.70. The van der Waals surface area contributed by atoms with E-state index in [2.05, 4.69) is 0 Å². The minimum absolute atomic E-state index is 0.158. The fourth-order valence-corrected chi connectivity index (χ4v) is 2.85. The number of aliphatic hydroxyl groups is 1. The Morgan fingerprint density at radius 2 is 2.10 bits per heavy atom. The van der Waals surface area contributed by atoms with E-state index in [1.807, 2.05) is 35.2 Å². The molecule has 1 fully saturated rings. The van der Waals surface area contributed by atoms with Gasteiger partial charge in [0.2, 0.25) is 5.91 Å². The third-order valence-corrected chi connectivity index (χ3v) is 3.96. The van der Waals surface area contributed by atoms with Crippen molar-refractivity contribution >= 4 is 5.91 Å². The number of ether oxygens (including phenoxy) is 1. The Labute approximate surface area is 126 Å². The topological polar surface area (TPSA) is 49.8 Å². The third kappa shape index (κ3) is 5.05. The summed E-state index contributed by atoms with van der Waals surface area (Å²) in [6.07, 6.45) is 5.21. The van der Waals surface area contributed by atoms with Crippen molar-refractivity contribution in [1.82, 2.24) is 4.90 Å². The van der Waals surface area contributed by atoms with Crippen LogP contribution in [0.1, 0.15) is 38.5 Å². The molecule has 1 aromatic rings. The Hall–Kier alpha value is -1.55. The first-order valence-electron chi connectivity index (χ1n) is 7.89. The maximum atomic E-state index is 12.3. The summed E-state index contributed by atoms with van der Waals surface area (Å²) >= 11 is 0. The fraction of sp³-hybridized carbons (Fsp3) is 0.588. The first-order valence-corrected chi connectivity index (χ1v) is 7.89. The quantitative estimate of drug-likeness (QED) is 0.786. The van der Waals surface area contributed by atoms with Crippen molar-refractivity contribution in [3.05, 3.63) is 30.3 Å². The van der Waals surface area contributed by atoms with Crippen molar-refractivity contribution < 1.29 is 14.6 Å². The van der Waals surface area contributed by atoms with E-state index in [-0.39, 0.29) is 18.6 Å². The lowest BCUT2D eigenvalue weighted by Gasteiger charge is -2.35. The van der Waals surface area contributed by atoms with Crippen molar-refractivity contribution in [2.75, 3.05) is 19.8 Å². The molecule has 1 saturated heterocycles. The van der Waals surface area contributed by atoms with Crippen molar-refractivity contribution in [2.24, 2.45) is 0 Å². The second kappa shape index (κ2) is 8.67. The van der Waals surface area contributed by atoms with Gasteiger partial charge in [-0.15, -0.1) is 0 Å². The molecule has 0 bridgehead atoms. The number of hydrogen-bond donors (Lipinski definition) is 1. The van der Waals surface area contributed by atoms with Crippen LogP contribution in [0.25, 0.3) is 0 Å². The molecule has 1 N–H and O–H groups in total. The Kier molecular flexibility index (Phi) is 6.54. The summed E-state index contributed by atoms with van der Waals surface area (Å²) < 4.78 is 5.61. The van der Waals surface area contributed by atoms with Gasteiger partial charge < -0.3 is 14.7 Å². The summed E-state index contributed by atoms with van der Waals surface area (Å²) in [5.41, 5.74) is 0. The van der Waals surface area contributed by atoms with E-state index in [9.17, 15) is 4.79 Å². The number of benzene rings is 1. The van der Waals surface area contributed by atoms with Crippen LogP contribution >= 0.6 is 0 Å². The summed E-state index contributed by atoms with van der Waals surface area (Å²) in [4.78, 5) is 14.2. The molecule has 1 heterocycles. The number of carbonyl (C=O) groups is 1. The first kappa shape index (κ1) is 15.8. The highest BCUT2D eigenvalue weighted by molar-refractivity contribution is 5.76. The van der Waals surface area contributed by atoms with E-state index in [1.165, 1.54) is 0 Å². The lowest BCUT2D eigenvalue weighted by molar-refractivity contribution is -0.135. The zero-order valence-corrected chi connectivity index (χ0v) is 12.5. The predicted octanol–water partition coefficient (Wildman–Crippen LogP) is 2.61. The summed E-state index contributed by atoms with van der Waals surface area (Å²) in [5.74, 6) is 1.05. The van der Waals surface area contributed by atoms with Gasteiger partial charge >= 0.3 is 0 Å². The lowest BCUT2D eigenvalue weighted by Crippen LogP contribution is -2.44. The molecule has 0 aliphatic carbocycles. The molecule has 1 unspecified atom stereocenters.